The van der Waals surface area contributed by atoms with Crippen molar-refractivity contribution in [1.29, 1.82) is 0 Å². The highest BCUT2D eigenvalue weighted by Gasteiger charge is 2.11. The van der Waals surface area contributed by atoms with Crippen LogP contribution in [0.5, 0.6) is 0 Å². The van der Waals surface area contributed by atoms with E-state index in [1.807, 2.05) is 0 Å². The van der Waals surface area contributed by atoms with Crippen LogP contribution < -0.4 is 9.80 Å². The molecule has 3 rings (SSSR count). The number of hydrogen-bond donors (Lipinski definition) is 0. The van der Waals surface area contributed by atoms with E-state index in [9.17, 15) is 0 Å². The summed E-state index contributed by atoms with van der Waals surface area (Å²) in [7, 11) is 13.7. The second kappa shape index (κ2) is 17.6. The highest BCUT2D eigenvalue weighted by atomic mass is 15.3. The number of nitrogens with zero attached hydrogens (tertiary/aromatic N) is 6. The Morgan fingerprint density at radius 1 is 0.548 bits per heavy atom. The molecule has 0 unspecified atom stereocenters. The number of hydrogen-bond acceptors (Lipinski definition) is 4. The van der Waals surface area contributed by atoms with Crippen LogP contribution >= 0.6 is 0 Å². The molecule has 1 heterocycles. The van der Waals surface area contributed by atoms with Crippen LogP contribution in [0.15, 0.2) is 58.8 Å². The number of azo groups is 1. The molecule has 0 aliphatic carbocycles. The Balaban J connectivity index is 1.52. The van der Waals surface area contributed by atoms with Crippen LogP contribution in [0, 0.1) is 0 Å². The third-order valence-electron chi connectivity index (χ3n) is 8.33. The van der Waals surface area contributed by atoms with Crippen molar-refractivity contribution >= 4 is 22.7 Å². The van der Waals surface area contributed by atoms with Gasteiger partial charge in [0, 0.05) is 37.6 Å². The van der Waals surface area contributed by atoms with E-state index in [0.717, 1.165) is 46.5 Å². The Morgan fingerprint density at radius 3 is 1.43 bits per heavy atom. The van der Waals surface area contributed by atoms with Gasteiger partial charge in [-0.05, 0) is 99.9 Å². The summed E-state index contributed by atoms with van der Waals surface area (Å²) in [5.41, 5.74) is 4.45. The maximum absolute atomic E-state index is 4.56. The van der Waals surface area contributed by atoms with Gasteiger partial charge in [-0.3, -0.25) is 0 Å². The maximum atomic E-state index is 4.56. The summed E-state index contributed by atoms with van der Waals surface area (Å²) in [5, 5.41) is 9.09. The van der Waals surface area contributed by atoms with Crippen LogP contribution in [-0.2, 0) is 0 Å². The first-order valence-corrected chi connectivity index (χ1v) is 16.8. The molecule has 0 atom stereocenters. The molecule has 1 fully saturated rings. The third-order valence-corrected chi connectivity index (χ3v) is 8.33. The number of benzene rings is 2. The molecule has 6 nitrogen and oxygen atoms in total. The van der Waals surface area contributed by atoms with Gasteiger partial charge in [0.1, 0.15) is 0 Å². The van der Waals surface area contributed by atoms with Gasteiger partial charge in [0.25, 0.3) is 0 Å². The lowest BCUT2D eigenvalue weighted by molar-refractivity contribution is -0.870. The second-order valence-electron chi connectivity index (χ2n) is 14.5. The average Bonchev–Trinajstić information content (AvgIpc) is 3.24. The first kappa shape index (κ1) is 34.1. The van der Waals surface area contributed by atoms with Crippen molar-refractivity contribution < 1.29 is 8.97 Å². The minimum atomic E-state index is 0.912. The van der Waals surface area contributed by atoms with Crippen molar-refractivity contribution in [1.82, 2.24) is 0 Å². The number of rotatable bonds is 18. The zero-order chi connectivity index (χ0) is 30.3. The summed E-state index contributed by atoms with van der Waals surface area (Å²) in [5.74, 6) is 0. The fourth-order valence-electron chi connectivity index (χ4n) is 5.76. The Morgan fingerprint density at radius 2 is 0.976 bits per heavy atom. The highest BCUT2D eigenvalue weighted by molar-refractivity contribution is 5.54. The normalized spacial score (nSPS) is 14.9. The fourth-order valence-corrected chi connectivity index (χ4v) is 5.76. The van der Waals surface area contributed by atoms with E-state index in [4.69, 9.17) is 0 Å². The molecule has 1 saturated heterocycles. The third kappa shape index (κ3) is 14.2. The Hall–Kier alpha value is -2.44. The van der Waals surface area contributed by atoms with Crippen LogP contribution in [0.25, 0.3) is 0 Å². The van der Waals surface area contributed by atoms with Crippen molar-refractivity contribution in [2.75, 3.05) is 91.4 Å². The molecule has 1 aliphatic rings. The van der Waals surface area contributed by atoms with Gasteiger partial charge in [0.2, 0.25) is 0 Å². The number of anilines is 2. The topological polar surface area (TPSA) is 31.2 Å². The minimum absolute atomic E-state index is 0.912. The molecule has 0 saturated carbocycles. The van der Waals surface area contributed by atoms with Crippen molar-refractivity contribution in [3.05, 3.63) is 48.5 Å². The Kier molecular flexibility index (Phi) is 14.3. The lowest BCUT2D eigenvalue weighted by Gasteiger charge is -2.26. The molecule has 0 bridgehead atoms. The van der Waals surface area contributed by atoms with E-state index < -0.39 is 0 Å². The largest absolute Gasteiger partial charge is 0.372 e. The molecule has 2 aromatic rings. The summed E-state index contributed by atoms with van der Waals surface area (Å²) < 4.78 is 2.13. The van der Waals surface area contributed by atoms with Crippen LogP contribution in [0.2, 0.25) is 0 Å². The van der Waals surface area contributed by atoms with Crippen LogP contribution in [0.1, 0.15) is 77.0 Å². The van der Waals surface area contributed by atoms with E-state index in [0.29, 0.717) is 0 Å². The molecule has 0 amide bonds. The van der Waals surface area contributed by atoms with Crippen molar-refractivity contribution in [2.24, 2.45) is 10.2 Å². The summed E-state index contributed by atoms with van der Waals surface area (Å²) in [4.78, 5) is 5.11. The minimum Gasteiger partial charge on any atom is -0.372 e. The van der Waals surface area contributed by atoms with E-state index in [-0.39, 0.29) is 0 Å². The maximum Gasteiger partial charge on any atom is 0.0858 e. The SMILES string of the molecule is C[N+](C)(C)CCCCCCN(CCCCCC[N+](C)(C)C)c1ccc(N=Nc2ccc(N3CCCCCC3)cc2)cc1. The second-order valence-corrected chi connectivity index (χ2v) is 14.5. The monoisotopic (exact) mass is 579 g/mol. The molecule has 234 valence electrons. The van der Waals surface area contributed by atoms with Crippen molar-refractivity contribution in [2.45, 2.75) is 77.0 Å². The van der Waals surface area contributed by atoms with Gasteiger partial charge >= 0.3 is 0 Å². The lowest BCUT2D eigenvalue weighted by atomic mass is 10.1. The zero-order valence-electron chi connectivity index (χ0n) is 28.0. The molecule has 1 aliphatic heterocycles. The van der Waals surface area contributed by atoms with Gasteiger partial charge in [-0.1, -0.05) is 25.7 Å². The van der Waals surface area contributed by atoms with Gasteiger partial charge in [-0.15, -0.1) is 0 Å². The smallest absolute Gasteiger partial charge is 0.0858 e. The molecule has 0 spiro atoms. The molecule has 6 heteroatoms. The predicted octanol–water partition coefficient (Wildman–Crippen LogP) is 8.82. The number of quaternary nitrogens is 2. The van der Waals surface area contributed by atoms with Gasteiger partial charge in [-0.25, -0.2) is 0 Å². The molecular weight excluding hydrogens is 516 g/mol. The first-order valence-electron chi connectivity index (χ1n) is 16.8. The van der Waals surface area contributed by atoms with E-state index in [1.165, 1.54) is 102 Å². The van der Waals surface area contributed by atoms with Crippen LogP contribution in [0.3, 0.4) is 0 Å². The molecule has 42 heavy (non-hydrogen) atoms. The van der Waals surface area contributed by atoms with E-state index in [2.05, 4.69) is 111 Å². The molecule has 2 aromatic carbocycles. The summed E-state index contributed by atoms with van der Waals surface area (Å²) in [6.45, 7) is 7.11. The lowest BCUT2D eigenvalue weighted by Crippen LogP contribution is -2.35. The molecule has 0 radical (unpaired) electrons. The van der Waals surface area contributed by atoms with E-state index >= 15 is 0 Å². The average molecular weight is 579 g/mol. The van der Waals surface area contributed by atoms with Gasteiger partial charge < -0.3 is 18.8 Å². The fraction of sp³-hybridized carbons (Fsp3) is 0.667. The van der Waals surface area contributed by atoms with Crippen molar-refractivity contribution in [3.63, 3.8) is 0 Å². The van der Waals surface area contributed by atoms with Crippen LogP contribution in [-0.4, -0.2) is 90.5 Å². The standard InChI is InChI=1S/C36H62N6/c1-41(2,3)31-17-11-9-15-29-40(30-16-10-12-18-32-42(4,5)6)36-25-21-34(22-26-36)38-37-33-19-23-35(24-20-33)39-27-13-7-8-14-28-39/h19-26H,7-18,27-32H2,1-6H3/q+2. The van der Waals surface area contributed by atoms with Crippen molar-refractivity contribution in [3.8, 4) is 0 Å². The summed E-state index contributed by atoms with van der Waals surface area (Å²) in [6.07, 6.45) is 15.7. The first-order chi connectivity index (χ1) is 20.1. The number of unbranched alkanes of at least 4 members (excludes halogenated alkanes) is 6. The Labute approximate surface area is 258 Å². The molecule has 0 aromatic heterocycles. The zero-order valence-corrected chi connectivity index (χ0v) is 28.0. The quantitative estimate of drug-likeness (QED) is 0.101. The Bertz CT molecular complexity index is 983. The predicted molar refractivity (Wildman–Crippen MR) is 183 cm³/mol. The van der Waals surface area contributed by atoms with E-state index in [1.54, 1.807) is 0 Å². The summed E-state index contributed by atoms with van der Waals surface area (Å²) in [6, 6.07) is 17.3. The summed E-state index contributed by atoms with van der Waals surface area (Å²) >= 11 is 0. The van der Waals surface area contributed by atoms with Gasteiger partial charge in [-0.2, -0.15) is 10.2 Å². The highest BCUT2D eigenvalue weighted by Crippen LogP contribution is 2.26. The molecular formula is C36H62N6+2. The van der Waals surface area contributed by atoms with Crippen LogP contribution in [0.4, 0.5) is 22.7 Å². The van der Waals surface area contributed by atoms with Gasteiger partial charge in [0.05, 0.1) is 66.8 Å². The van der Waals surface area contributed by atoms with Gasteiger partial charge in [0.15, 0.2) is 0 Å². The molecule has 0 N–H and O–H groups in total.